The zero-order valence-corrected chi connectivity index (χ0v) is 17.1. The summed E-state index contributed by atoms with van der Waals surface area (Å²) >= 11 is 0. The minimum atomic E-state index is -3.55. The number of ether oxygens (including phenoxy) is 2. The third-order valence-corrected chi connectivity index (χ3v) is 5.42. The Morgan fingerprint density at radius 3 is 2.64 bits per heavy atom. The number of sulfone groups is 1. The normalized spacial score (nSPS) is 14.5. The van der Waals surface area contributed by atoms with Gasteiger partial charge >= 0.3 is 0 Å². The van der Waals surface area contributed by atoms with E-state index in [1.165, 1.54) is 0 Å². The lowest BCUT2D eigenvalue weighted by atomic mass is 10.1. The largest absolute Gasteiger partial charge is 0.494 e. The van der Waals surface area contributed by atoms with Crippen LogP contribution in [0.25, 0.3) is 0 Å². The Labute approximate surface area is 164 Å². The molecular formula is C19H25N3O5S. The van der Waals surface area contributed by atoms with Crippen molar-refractivity contribution in [3.8, 4) is 11.5 Å². The summed E-state index contributed by atoms with van der Waals surface area (Å²) in [4.78, 5) is 21.1. The molecule has 0 aliphatic carbocycles. The van der Waals surface area contributed by atoms with Crippen molar-refractivity contribution < 1.29 is 17.9 Å². The van der Waals surface area contributed by atoms with E-state index in [-0.39, 0.29) is 5.16 Å². The van der Waals surface area contributed by atoms with Crippen LogP contribution in [0.3, 0.4) is 0 Å². The highest BCUT2D eigenvalue weighted by atomic mass is 32.2. The van der Waals surface area contributed by atoms with Crippen molar-refractivity contribution in [2.45, 2.75) is 38.5 Å². The minimum absolute atomic E-state index is 0.269. The molecule has 2 heterocycles. The van der Waals surface area contributed by atoms with Gasteiger partial charge in [0.1, 0.15) is 11.5 Å². The first-order chi connectivity index (χ1) is 13.3. The molecule has 28 heavy (non-hydrogen) atoms. The number of aromatic amines is 1. The van der Waals surface area contributed by atoms with Crippen molar-refractivity contribution >= 4 is 9.84 Å². The van der Waals surface area contributed by atoms with Crippen LogP contribution in [0, 0.1) is 0 Å². The zero-order chi connectivity index (χ0) is 20.3. The molecule has 1 aromatic heterocycles. The van der Waals surface area contributed by atoms with E-state index in [0.29, 0.717) is 50.5 Å². The maximum atomic E-state index is 12.4. The average Bonchev–Trinajstić information content (AvgIpc) is 2.64. The monoisotopic (exact) mass is 407 g/mol. The Morgan fingerprint density at radius 2 is 1.96 bits per heavy atom. The fourth-order valence-electron chi connectivity index (χ4n) is 3.22. The van der Waals surface area contributed by atoms with E-state index in [4.69, 9.17) is 9.47 Å². The molecule has 0 bridgehead atoms. The number of hydrogen-bond donors (Lipinski definition) is 1. The first-order valence-electron chi connectivity index (χ1n) is 9.24. The van der Waals surface area contributed by atoms with Crippen LogP contribution in [-0.2, 0) is 29.3 Å². The lowest BCUT2D eigenvalue weighted by molar-refractivity contribution is 0.234. The van der Waals surface area contributed by atoms with Gasteiger partial charge in [-0.15, -0.1) is 0 Å². The maximum Gasteiger partial charge on any atom is 0.256 e. The van der Waals surface area contributed by atoms with Gasteiger partial charge in [0.15, 0.2) is 0 Å². The molecular weight excluding hydrogens is 382 g/mol. The smallest absolute Gasteiger partial charge is 0.256 e. The second-order valence-electron chi connectivity index (χ2n) is 6.66. The Hall–Kier alpha value is -2.39. The lowest BCUT2D eigenvalue weighted by Gasteiger charge is -2.28. The fourth-order valence-corrected chi connectivity index (χ4v) is 3.78. The topological polar surface area (TPSA) is 102 Å². The molecule has 8 nitrogen and oxygen atoms in total. The highest BCUT2D eigenvalue weighted by Crippen LogP contribution is 2.27. The second-order valence-corrected chi connectivity index (χ2v) is 8.60. The number of nitrogens with zero attached hydrogens (tertiary/aromatic N) is 2. The predicted octanol–water partition coefficient (Wildman–Crippen LogP) is 1.53. The van der Waals surface area contributed by atoms with Crippen molar-refractivity contribution in [1.29, 1.82) is 0 Å². The predicted molar refractivity (Wildman–Crippen MR) is 105 cm³/mol. The molecule has 3 rings (SSSR count). The number of benzene rings is 1. The van der Waals surface area contributed by atoms with Crippen molar-refractivity contribution in [2.75, 3.05) is 26.0 Å². The van der Waals surface area contributed by atoms with Gasteiger partial charge in [0.05, 0.1) is 24.5 Å². The molecule has 2 aromatic rings. The molecule has 0 atom stereocenters. The van der Waals surface area contributed by atoms with Crippen LogP contribution < -0.4 is 15.0 Å². The van der Waals surface area contributed by atoms with E-state index < -0.39 is 15.4 Å². The SMILES string of the molecule is CCOc1ccc(CN2CCc3nc(S(C)(=O)=O)[nH]c(=O)c3C2)c(OCC)c1. The number of H-pyrrole nitrogens is 1. The average molecular weight is 407 g/mol. The van der Waals surface area contributed by atoms with Crippen molar-refractivity contribution in [3.05, 3.63) is 45.4 Å². The highest BCUT2D eigenvalue weighted by molar-refractivity contribution is 7.90. The molecule has 1 aliphatic heterocycles. The van der Waals surface area contributed by atoms with Gasteiger partial charge in [-0.2, -0.15) is 0 Å². The molecule has 152 valence electrons. The molecule has 0 amide bonds. The molecule has 0 spiro atoms. The number of rotatable bonds is 7. The first kappa shape index (κ1) is 20.3. The Morgan fingerprint density at radius 1 is 1.21 bits per heavy atom. The number of nitrogens with one attached hydrogen (secondary N) is 1. The van der Waals surface area contributed by atoms with Crippen LogP contribution in [-0.4, -0.2) is 49.3 Å². The molecule has 0 saturated heterocycles. The van der Waals surface area contributed by atoms with Gasteiger partial charge < -0.3 is 9.47 Å². The van der Waals surface area contributed by atoms with Crippen LogP contribution in [0.15, 0.2) is 28.2 Å². The standard InChI is InChI=1S/C19H25N3O5S/c1-4-26-14-7-6-13(17(10-14)27-5-2)11-22-9-8-16-15(12-22)18(23)21-19(20-16)28(3,24)25/h6-7,10H,4-5,8-9,11-12H2,1-3H3,(H,20,21,23). The Kier molecular flexibility index (Phi) is 6.04. The highest BCUT2D eigenvalue weighted by Gasteiger charge is 2.24. The van der Waals surface area contributed by atoms with Gasteiger partial charge in [0.2, 0.25) is 15.0 Å². The van der Waals surface area contributed by atoms with Crippen LogP contribution >= 0.6 is 0 Å². The summed E-state index contributed by atoms with van der Waals surface area (Å²) < 4.78 is 34.7. The molecule has 9 heteroatoms. The lowest BCUT2D eigenvalue weighted by Crippen LogP contribution is -2.36. The molecule has 0 saturated carbocycles. The maximum absolute atomic E-state index is 12.4. The van der Waals surface area contributed by atoms with Gasteiger partial charge in [-0.1, -0.05) is 6.07 Å². The molecule has 0 fully saturated rings. The number of hydrogen-bond acceptors (Lipinski definition) is 7. The van der Waals surface area contributed by atoms with Gasteiger partial charge in [-0.25, -0.2) is 13.4 Å². The van der Waals surface area contributed by atoms with E-state index in [1.54, 1.807) is 0 Å². The summed E-state index contributed by atoms with van der Waals surface area (Å²) in [6, 6.07) is 5.76. The summed E-state index contributed by atoms with van der Waals surface area (Å²) in [7, 11) is -3.55. The third kappa shape index (κ3) is 4.53. The van der Waals surface area contributed by atoms with Crippen LogP contribution in [0.2, 0.25) is 0 Å². The van der Waals surface area contributed by atoms with Crippen molar-refractivity contribution in [1.82, 2.24) is 14.9 Å². The van der Waals surface area contributed by atoms with Gasteiger partial charge in [-0.3, -0.25) is 14.7 Å². The quantitative estimate of drug-likeness (QED) is 0.695. The molecule has 0 unspecified atom stereocenters. The van der Waals surface area contributed by atoms with E-state index in [2.05, 4.69) is 14.9 Å². The summed E-state index contributed by atoms with van der Waals surface area (Å²) in [5.74, 6) is 1.52. The minimum Gasteiger partial charge on any atom is -0.494 e. The van der Waals surface area contributed by atoms with Gasteiger partial charge in [0, 0.05) is 43.9 Å². The summed E-state index contributed by atoms with van der Waals surface area (Å²) in [6.45, 7) is 6.67. The van der Waals surface area contributed by atoms with E-state index in [0.717, 1.165) is 23.3 Å². The van der Waals surface area contributed by atoms with E-state index >= 15 is 0 Å². The van der Waals surface area contributed by atoms with Crippen LogP contribution in [0.5, 0.6) is 11.5 Å². The molecule has 1 aromatic carbocycles. The van der Waals surface area contributed by atoms with Gasteiger partial charge in [0.25, 0.3) is 5.56 Å². The summed E-state index contributed by atoms with van der Waals surface area (Å²) in [6.07, 6.45) is 1.55. The van der Waals surface area contributed by atoms with E-state index in [9.17, 15) is 13.2 Å². The molecule has 1 N–H and O–H groups in total. The molecule has 0 radical (unpaired) electrons. The zero-order valence-electron chi connectivity index (χ0n) is 16.3. The number of fused-ring (bicyclic) bond motifs is 1. The summed E-state index contributed by atoms with van der Waals surface area (Å²) in [5, 5.41) is -0.269. The van der Waals surface area contributed by atoms with Gasteiger partial charge in [-0.05, 0) is 19.9 Å². The Balaban J connectivity index is 1.82. The van der Waals surface area contributed by atoms with Crippen LogP contribution in [0.4, 0.5) is 0 Å². The van der Waals surface area contributed by atoms with Crippen molar-refractivity contribution in [3.63, 3.8) is 0 Å². The molecule has 1 aliphatic rings. The number of aromatic nitrogens is 2. The van der Waals surface area contributed by atoms with Crippen molar-refractivity contribution in [2.24, 2.45) is 0 Å². The summed E-state index contributed by atoms with van der Waals surface area (Å²) in [5.41, 5.74) is 1.68. The van der Waals surface area contributed by atoms with E-state index in [1.807, 2.05) is 32.0 Å². The Bertz CT molecular complexity index is 1020. The third-order valence-electron chi connectivity index (χ3n) is 4.52. The second kappa shape index (κ2) is 8.32. The fraction of sp³-hybridized carbons (Fsp3) is 0.474. The first-order valence-corrected chi connectivity index (χ1v) is 11.1. The van der Waals surface area contributed by atoms with Crippen LogP contribution in [0.1, 0.15) is 30.7 Å².